The number of hydrogen-bond donors (Lipinski definition) is 2. The third-order valence-electron chi connectivity index (χ3n) is 7.26. The summed E-state index contributed by atoms with van der Waals surface area (Å²) in [6.07, 6.45) is 3.01. The number of benzene rings is 2. The lowest BCUT2D eigenvalue weighted by molar-refractivity contribution is -0.276. The average molecular weight is 490 g/mol. The fourth-order valence-corrected chi connectivity index (χ4v) is 4.98. The van der Waals surface area contributed by atoms with Gasteiger partial charge in [-0.2, -0.15) is 0 Å². The van der Waals surface area contributed by atoms with Crippen LogP contribution in [0.25, 0.3) is 0 Å². The normalized spacial score (nSPS) is 25.1. The highest BCUT2D eigenvalue weighted by Crippen LogP contribution is 2.42. The van der Waals surface area contributed by atoms with Gasteiger partial charge in [-0.25, -0.2) is 9.97 Å². The Balaban J connectivity index is 1.32. The number of aliphatic hydroxyl groups excluding tert-OH is 1. The quantitative estimate of drug-likeness (QED) is 0.523. The maximum Gasteiger partial charge on any atom is 0.225 e. The minimum Gasteiger partial charge on any atom is -0.392 e. The second-order valence-corrected chi connectivity index (χ2v) is 9.60. The molecular formula is C28H35N5O3. The van der Waals surface area contributed by atoms with Gasteiger partial charge in [0.1, 0.15) is 0 Å². The van der Waals surface area contributed by atoms with Gasteiger partial charge in [-0.3, -0.25) is 4.90 Å². The van der Waals surface area contributed by atoms with Crippen molar-refractivity contribution in [3.63, 3.8) is 0 Å². The Bertz CT molecular complexity index is 1090. The molecule has 4 atom stereocenters. The van der Waals surface area contributed by atoms with Crippen LogP contribution in [0.1, 0.15) is 41.6 Å². The van der Waals surface area contributed by atoms with Crippen LogP contribution in [0.2, 0.25) is 0 Å². The lowest BCUT2D eigenvalue weighted by Crippen LogP contribution is -2.51. The lowest BCUT2D eigenvalue weighted by atomic mass is 9.90. The fraction of sp³-hybridized carbons (Fsp3) is 0.429. The summed E-state index contributed by atoms with van der Waals surface area (Å²) in [5.41, 5.74) is 9.86. The molecule has 2 fully saturated rings. The van der Waals surface area contributed by atoms with Crippen molar-refractivity contribution >= 4 is 5.95 Å². The number of hydrogen-bond acceptors (Lipinski definition) is 8. The minimum absolute atomic E-state index is 0.0000198. The smallest absolute Gasteiger partial charge is 0.225 e. The second-order valence-electron chi connectivity index (χ2n) is 9.60. The van der Waals surface area contributed by atoms with Crippen molar-refractivity contribution in [2.45, 2.75) is 38.6 Å². The van der Waals surface area contributed by atoms with Gasteiger partial charge in [-0.05, 0) is 22.8 Å². The summed E-state index contributed by atoms with van der Waals surface area (Å²) >= 11 is 0. The van der Waals surface area contributed by atoms with E-state index in [4.69, 9.17) is 15.2 Å². The third-order valence-corrected chi connectivity index (χ3v) is 7.26. The number of nitrogens with zero attached hydrogens (tertiary/aromatic N) is 4. The van der Waals surface area contributed by atoms with Gasteiger partial charge >= 0.3 is 0 Å². The summed E-state index contributed by atoms with van der Waals surface area (Å²) < 4.78 is 13.1. The fourth-order valence-electron chi connectivity index (χ4n) is 4.98. The predicted octanol–water partition coefficient (Wildman–Crippen LogP) is 3.04. The van der Waals surface area contributed by atoms with E-state index in [1.807, 2.05) is 42.5 Å². The van der Waals surface area contributed by atoms with E-state index in [1.54, 1.807) is 12.4 Å². The van der Waals surface area contributed by atoms with E-state index in [1.165, 1.54) is 0 Å². The minimum atomic E-state index is -0.459. The van der Waals surface area contributed by atoms with E-state index in [0.29, 0.717) is 6.54 Å². The first-order valence-electron chi connectivity index (χ1n) is 12.7. The Hall–Kier alpha value is -2.88. The summed E-state index contributed by atoms with van der Waals surface area (Å²) in [7, 11) is 0. The lowest BCUT2D eigenvalue weighted by Gasteiger charge is -2.44. The molecule has 0 amide bonds. The van der Waals surface area contributed by atoms with Crippen molar-refractivity contribution in [2.75, 3.05) is 37.6 Å². The molecule has 2 aromatic carbocycles. The van der Waals surface area contributed by atoms with Crippen LogP contribution in [-0.2, 0) is 22.6 Å². The predicted molar refractivity (Wildman–Crippen MR) is 138 cm³/mol. The van der Waals surface area contributed by atoms with Gasteiger partial charge < -0.3 is 25.2 Å². The molecule has 2 saturated heterocycles. The highest BCUT2D eigenvalue weighted by molar-refractivity contribution is 5.29. The van der Waals surface area contributed by atoms with E-state index in [2.05, 4.69) is 38.8 Å². The zero-order chi connectivity index (χ0) is 24.9. The molecule has 3 heterocycles. The van der Waals surface area contributed by atoms with Crippen LogP contribution in [0.15, 0.2) is 67.0 Å². The highest BCUT2D eigenvalue weighted by Gasteiger charge is 2.39. The van der Waals surface area contributed by atoms with Crippen LogP contribution in [0, 0.1) is 5.92 Å². The molecule has 36 heavy (non-hydrogen) atoms. The van der Waals surface area contributed by atoms with Gasteiger partial charge in [-0.1, -0.05) is 55.5 Å². The second kappa shape index (κ2) is 11.5. The maximum absolute atomic E-state index is 9.46. The topological polar surface area (TPSA) is 97.0 Å². The molecule has 0 aliphatic carbocycles. The Kier molecular flexibility index (Phi) is 7.89. The van der Waals surface area contributed by atoms with Gasteiger partial charge in [0, 0.05) is 63.1 Å². The molecule has 0 bridgehead atoms. The third kappa shape index (κ3) is 5.58. The summed E-state index contributed by atoms with van der Waals surface area (Å²) in [5.74, 6) is 0.945. The monoisotopic (exact) mass is 489 g/mol. The van der Waals surface area contributed by atoms with Gasteiger partial charge in [0.15, 0.2) is 6.29 Å². The van der Waals surface area contributed by atoms with Crippen molar-refractivity contribution in [1.29, 1.82) is 0 Å². The first kappa shape index (κ1) is 24.8. The SMILES string of the molecule is C[C@H]1[C@@H](CN2CCN(c3ncccn3)CC2)O[C@@H](c2ccc(CN)cc2)O[C@H]1c1ccc(CO)cc1. The van der Waals surface area contributed by atoms with Crippen molar-refractivity contribution < 1.29 is 14.6 Å². The Labute approximate surface area is 212 Å². The molecule has 2 aliphatic rings. The number of piperazine rings is 1. The first-order chi connectivity index (χ1) is 17.6. The molecule has 3 aromatic rings. The molecule has 0 unspecified atom stereocenters. The molecule has 0 spiro atoms. The molecular weight excluding hydrogens is 454 g/mol. The van der Waals surface area contributed by atoms with Crippen LogP contribution < -0.4 is 10.6 Å². The van der Waals surface area contributed by atoms with Crippen LogP contribution >= 0.6 is 0 Å². The molecule has 190 valence electrons. The van der Waals surface area contributed by atoms with Gasteiger partial charge in [0.25, 0.3) is 0 Å². The Morgan fingerprint density at radius 2 is 1.53 bits per heavy atom. The van der Waals surface area contributed by atoms with Gasteiger partial charge in [0.2, 0.25) is 5.95 Å². The highest BCUT2D eigenvalue weighted by atomic mass is 16.7. The molecule has 0 radical (unpaired) electrons. The van der Waals surface area contributed by atoms with Crippen LogP contribution in [0.4, 0.5) is 5.95 Å². The van der Waals surface area contributed by atoms with Crippen LogP contribution in [0.5, 0.6) is 0 Å². The van der Waals surface area contributed by atoms with Gasteiger partial charge in [0.05, 0.1) is 18.8 Å². The number of rotatable bonds is 7. The molecule has 1 aromatic heterocycles. The number of nitrogens with two attached hydrogens (primary N) is 1. The van der Waals surface area contributed by atoms with Crippen molar-refractivity contribution in [2.24, 2.45) is 11.7 Å². The van der Waals surface area contributed by atoms with E-state index in [9.17, 15) is 5.11 Å². The zero-order valence-corrected chi connectivity index (χ0v) is 20.7. The molecule has 5 rings (SSSR count). The zero-order valence-electron chi connectivity index (χ0n) is 20.7. The average Bonchev–Trinajstić information content (AvgIpc) is 2.95. The molecule has 8 nitrogen and oxygen atoms in total. The van der Waals surface area contributed by atoms with Crippen molar-refractivity contribution in [3.8, 4) is 0 Å². The molecule has 2 aliphatic heterocycles. The number of ether oxygens (including phenoxy) is 2. The van der Waals surface area contributed by atoms with E-state index < -0.39 is 6.29 Å². The summed E-state index contributed by atoms with van der Waals surface area (Å²) in [4.78, 5) is 13.5. The Morgan fingerprint density at radius 1 is 0.889 bits per heavy atom. The van der Waals surface area contributed by atoms with Crippen LogP contribution in [-0.4, -0.2) is 58.8 Å². The standard InChI is InChI=1S/C28H35N5O3/c1-20-25(18-32-13-15-33(16-14-32)28-30-11-2-12-31-28)35-27(24-9-3-21(17-29)4-10-24)36-26(20)23-7-5-22(19-34)6-8-23/h2-12,20,25-27,34H,13-19,29H2,1H3/t20-,25+,26+,27+/m0/s1. The molecule has 0 saturated carbocycles. The summed E-state index contributed by atoms with van der Waals surface area (Å²) in [6.45, 7) is 7.20. The van der Waals surface area contributed by atoms with E-state index in [0.717, 1.165) is 60.9 Å². The summed E-state index contributed by atoms with van der Waals surface area (Å²) in [5, 5.41) is 9.46. The van der Waals surface area contributed by atoms with Crippen molar-refractivity contribution in [3.05, 3.63) is 89.2 Å². The van der Waals surface area contributed by atoms with Gasteiger partial charge in [-0.15, -0.1) is 0 Å². The van der Waals surface area contributed by atoms with E-state index >= 15 is 0 Å². The van der Waals surface area contributed by atoms with E-state index in [-0.39, 0.29) is 24.7 Å². The summed E-state index contributed by atoms with van der Waals surface area (Å²) in [6, 6.07) is 18.0. The number of aromatic nitrogens is 2. The largest absolute Gasteiger partial charge is 0.392 e. The Morgan fingerprint density at radius 3 is 2.17 bits per heavy atom. The van der Waals surface area contributed by atoms with Crippen LogP contribution in [0.3, 0.4) is 0 Å². The first-order valence-corrected chi connectivity index (χ1v) is 12.7. The number of anilines is 1. The molecule has 3 N–H and O–H groups in total. The molecule has 8 heteroatoms. The van der Waals surface area contributed by atoms with Crippen molar-refractivity contribution in [1.82, 2.24) is 14.9 Å². The maximum atomic E-state index is 9.46. The number of aliphatic hydroxyl groups is 1.